The average molecular weight is 403 g/mol. The number of nitrogens with zero attached hydrogens (tertiary/aromatic N) is 2. The first-order valence-electron chi connectivity index (χ1n) is 10.1. The van der Waals surface area contributed by atoms with Crippen LogP contribution in [-0.4, -0.2) is 61.3 Å². The Morgan fingerprint density at radius 2 is 1.54 bits per heavy atom. The molecule has 1 aliphatic heterocycles. The summed E-state index contributed by atoms with van der Waals surface area (Å²) in [4.78, 5) is 4.87. The van der Waals surface area contributed by atoms with Gasteiger partial charge >= 0.3 is 0 Å². The Bertz CT molecular complexity index is 727. The van der Waals surface area contributed by atoms with Gasteiger partial charge < -0.3 is 19.6 Å². The zero-order valence-electron chi connectivity index (χ0n) is 16.9. The molecule has 1 N–H and O–H groups in total. The molecule has 1 aliphatic rings. The highest BCUT2D eigenvalue weighted by Gasteiger charge is 2.29. The van der Waals surface area contributed by atoms with Crippen molar-refractivity contribution < 1.29 is 9.84 Å². The minimum atomic E-state index is -1.02. The smallest absolute Gasteiger partial charge is 0.119 e. The third-order valence-electron chi connectivity index (χ3n) is 5.65. The van der Waals surface area contributed by atoms with Gasteiger partial charge in [0.1, 0.15) is 11.4 Å². The molecular weight excluding hydrogens is 372 g/mol. The predicted molar refractivity (Wildman–Crippen MR) is 115 cm³/mol. The second-order valence-electron chi connectivity index (χ2n) is 7.59. The third kappa shape index (κ3) is 5.26. The van der Waals surface area contributed by atoms with E-state index < -0.39 is 5.60 Å². The summed E-state index contributed by atoms with van der Waals surface area (Å²) < 4.78 is 5.90. The average Bonchev–Trinajstić information content (AvgIpc) is 2.73. The van der Waals surface area contributed by atoms with E-state index in [9.17, 15) is 5.11 Å². The number of aliphatic hydroxyl groups is 1. The lowest BCUT2D eigenvalue weighted by Crippen LogP contribution is -2.44. The van der Waals surface area contributed by atoms with Crippen LogP contribution in [0, 0.1) is 0 Å². The van der Waals surface area contributed by atoms with E-state index >= 15 is 0 Å². The zero-order chi connectivity index (χ0) is 20.0. The minimum Gasteiger partial charge on any atom is -0.494 e. The molecule has 0 spiro atoms. The number of piperazine rings is 1. The molecular formula is C23H31ClN2O2. The fourth-order valence-electron chi connectivity index (χ4n) is 3.68. The summed E-state index contributed by atoms with van der Waals surface area (Å²) in [7, 11) is 2.18. The van der Waals surface area contributed by atoms with E-state index in [1.165, 1.54) is 0 Å². The van der Waals surface area contributed by atoms with Crippen LogP contribution in [0.25, 0.3) is 0 Å². The van der Waals surface area contributed by atoms with Gasteiger partial charge in [-0.1, -0.05) is 42.8 Å². The molecule has 0 radical (unpaired) electrons. The molecule has 4 nitrogen and oxygen atoms in total. The van der Waals surface area contributed by atoms with Crippen LogP contribution in [-0.2, 0) is 5.60 Å². The lowest BCUT2D eigenvalue weighted by molar-refractivity contribution is 0.0765. The van der Waals surface area contributed by atoms with Crippen LogP contribution in [0.2, 0.25) is 5.02 Å². The molecule has 2 aromatic rings. The second kappa shape index (κ2) is 9.75. The van der Waals surface area contributed by atoms with Crippen molar-refractivity contribution in [3.63, 3.8) is 0 Å². The van der Waals surface area contributed by atoms with Crippen molar-refractivity contribution in [3.05, 3.63) is 64.7 Å². The molecule has 0 aliphatic carbocycles. The molecule has 1 unspecified atom stereocenters. The number of hydrogen-bond donors (Lipinski definition) is 1. The van der Waals surface area contributed by atoms with Gasteiger partial charge in [0.25, 0.3) is 0 Å². The lowest BCUT2D eigenvalue weighted by atomic mass is 9.84. The van der Waals surface area contributed by atoms with E-state index in [1.54, 1.807) is 0 Å². The molecule has 0 bridgehead atoms. The SMILES string of the molecule is CCC(O)(c1ccc(Cl)cc1)c1ccc(OCCCN2CCN(C)CC2)cc1. The molecule has 0 amide bonds. The Morgan fingerprint density at radius 3 is 2.11 bits per heavy atom. The molecule has 1 fully saturated rings. The van der Waals surface area contributed by atoms with Crippen molar-refractivity contribution in [1.29, 1.82) is 0 Å². The van der Waals surface area contributed by atoms with Crippen molar-refractivity contribution >= 4 is 11.6 Å². The number of rotatable bonds is 8. The van der Waals surface area contributed by atoms with Gasteiger partial charge in [-0.3, -0.25) is 0 Å². The fourth-order valence-corrected chi connectivity index (χ4v) is 3.80. The largest absolute Gasteiger partial charge is 0.494 e. The van der Waals surface area contributed by atoms with Gasteiger partial charge in [-0.05, 0) is 55.3 Å². The van der Waals surface area contributed by atoms with Crippen molar-refractivity contribution in [2.75, 3.05) is 46.4 Å². The van der Waals surface area contributed by atoms with Crippen molar-refractivity contribution in [2.45, 2.75) is 25.4 Å². The zero-order valence-corrected chi connectivity index (χ0v) is 17.7. The quantitative estimate of drug-likeness (QED) is 0.677. The molecule has 28 heavy (non-hydrogen) atoms. The van der Waals surface area contributed by atoms with Crippen LogP contribution >= 0.6 is 11.6 Å². The molecule has 1 heterocycles. The first-order valence-corrected chi connectivity index (χ1v) is 10.5. The topological polar surface area (TPSA) is 35.9 Å². The van der Waals surface area contributed by atoms with Gasteiger partial charge in [0.15, 0.2) is 0 Å². The van der Waals surface area contributed by atoms with E-state index in [4.69, 9.17) is 16.3 Å². The Kier molecular flexibility index (Phi) is 7.36. The number of benzene rings is 2. The Labute approximate surface area is 173 Å². The van der Waals surface area contributed by atoms with Crippen molar-refractivity contribution in [1.82, 2.24) is 9.80 Å². The number of hydrogen-bond acceptors (Lipinski definition) is 4. The lowest BCUT2D eigenvalue weighted by Gasteiger charge is -2.32. The summed E-state index contributed by atoms with van der Waals surface area (Å²) >= 11 is 5.98. The number of halogens is 1. The minimum absolute atomic E-state index is 0.583. The molecule has 2 aromatic carbocycles. The molecule has 5 heteroatoms. The van der Waals surface area contributed by atoms with Crippen LogP contribution in [0.1, 0.15) is 30.9 Å². The van der Waals surface area contributed by atoms with E-state index in [0.29, 0.717) is 18.1 Å². The van der Waals surface area contributed by atoms with Crippen LogP contribution < -0.4 is 4.74 Å². The van der Waals surface area contributed by atoms with Crippen LogP contribution in [0.5, 0.6) is 5.75 Å². The number of likely N-dealkylation sites (N-methyl/N-ethyl adjacent to an activating group) is 1. The maximum Gasteiger partial charge on any atom is 0.119 e. The van der Waals surface area contributed by atoms with E-state index in [1.807, 2.05) is 55.5 Å². The fraction of sp³-hybridized carbons (Fsp3) is 0.478. The third-order valence-corrected chi connectivity index (χ3v) is 5.90. The van der Waals surface area contributed by atoms with Gasteiger partial charge in [-0.15, -0.1) is 0 Å². The Balaban J connectivity index is 1.53. The standard InChI is InChI=1S/C23H31ClN2O2/c1-3-23(27,19-5-9-21(24)10-6-19)20-7-11-22(12-8-20)28-18-4-13-26-16-14-25(2)15-17-26/h5-12,27H,3-4,13-18H2,1-2H3. The summed E-state index contributed by atoms with van der Waals surface area (Å²) in [6.45, 7) is 8.36. The summed E-state index contributed by atoms with van der Waals surface area (Å²) in [5.41, 5.74) is 0.687. The van der Waals surface area contributed by atoms with Crippen LogP contribution in [0.3, 0.4) is 0 Å². The highest BCUT2D eigenvalue weighted by molar-refractivity contribution is 6.30. The first-order chi connectivity index (χ1) is 13.5. The molecule has 1 atom stereocenters. The maximum atomic E-state index is 11.2. The molecule has 1 saturated heterocycles. The summed E-state index contributed by atoms with van der Waals surface area (Å²) in [6, 6.07) is 15.2. The van der Waals surface area contributed by atoms with E-state index in [0.717, 1.165) is 56.0 Å². The predicted octanol–water partition coefficient (Wildman–Crippen LogP) is 4.00. The summed E-state index contributed by atoms with van der Waals surface area (Å²) in [5.74, 6) is 0.844. The monoisotopic (exact) mass is 402 g/mol. The molecule has 3 rings (SSSR count). The summed E-state index contributed by atoms with van der Waals surface area (Å²) in [6.07, 6.45) is 1.61. The van der Waals surface area contributed by atoms with E-state index in [2.05, 4.69) is 16.8 Å². The Morgan fingerprint density at radius 1 is 0.964 bits per heavy atom. The van der Waals surface area contributed by atoms with Gasteiger partial charge in [-0.2, -0.15) is 0 Å². The van der Waals surface area contributed by atoms with Gasteiger partial charge in [0.2, 0.25) is 0 Å². The van der Waals surface area contributed by atoms with Crippen LogP contribution in [0.4, 0.5) is 0 Å². The highest BCUT2D eigenvalue weighted by atomic mass is 35.5. The normalized spacial score (nSPS) is 18.0. The van der Waals surface area contributed by atoms with E-state index in [-0.39, 0.29) is 0 Å². The first kappa shape index (κ1) is 21.1. The van der Waals surface area contributed by atoms with Gasteiger partial charge in [0, 0.05) is 37.7 Å². The second-order valence-corrected chi connectivity index (χ2v) is 8.03. The Hall–Kier alpha value is -1.59. The van der Waals surface area contributed by atoms with Crippen molar-refractivity contribution in [2.24, 2.45) is 0 Å². The molecule has 0 aromatic heterocycles. The van der Waals surface area contributed by atoms with Crippen molar-refractivity contribution in [3.8, 4) is 5.75 Å². The van der Waals surface area contributed by atoms with Gasteiger partial charge in [-0.25, -0.2) is 0 Å². The molecule has 152 valence electrons. The number of ether oxygens (including phenoxy) is 1. The van der Waals surface area contributed by atoms with Gasteiger partial charge in [0.05, 0.1) is 6.61 Å². The molecule has 0 saturated carbocycles. The highest BCUT2D eigenvalue weighted by Crippen LogP contribution is 2.34. The summed E-state index contributed by atoms with van der Waals surface area (Å²) in [5, 5.41) is 11.9. The maximum absolute atomic E-state index is 11.2. The van der Waals surface area contributed by atoms with Crippen LogP contribution in [0.15, 0.2) is 48.5 Å².